The predicted molar refractivity (Wildman–Crippen MR) is 486 cm³/mol. The molecule has 8 aliphatic rings. The molecule has 8 heterocycles. The van der Waals surface area contributed by atoms with E-state index in [1.165, 1.54) is 19.2 Å². The summed E-state index contributed by atoms with van der Waals surface area (Å²) in [5, 5.41) is -0.452. The van der Waals surface area contributed by atoms with Crippen LogP contribution in [0.25, 0.3) is 0 Å². The van der Waals surface area contributed by atoms with Crippen LogP contribution < -0.4 is 9.47 Å². The van der Waals surface area contributed by atoms with Gasteiger partial charge in [-0.25, -0.2) is 9.59 Å². The minimum Gasteiger partial charge on any atom is -0.497 e. The molecule has 0 aliphatic carbocycles. The number of esters is 2. The molecular formula is C105H108N2O27Si. The molecule has 6 saturated heterocycles. The Morgan fingerprint density at radius 3 is 1.09 bits per heavy atom. The molecule has 0 bridgehead atoms. The van der Waals surface area contributed by atoms with Crippen molar-refractivity contribution in [1.82, 2.24) is 9.80 Å². The minimum atomic E-state index is -3.01. The van der Waals surface area contributed by atoms with Gasteiger partial charge in [0.2, 0.25) is 0 Å². The highest BCUT2D eigenvalue weighted by molar-refractivity contribution is 6.74. The summed E-state index contributed by atoms with van der Waals surface area (Å²) in [5.41, 5.74) is 4.43. The second kappa shape index (κ2) is 42.0. The first-order chi connectivity index (χ1) is 65.7. The van der Waals surface area contributed by atoms with E-state index in [0.29, 0.717) is 33.8 Å². The van der Waals surface area contributed by atoms with E-state index >= 15 is 28.8 Å². The monoisotopic (exact) mass is 1860 g/mol. The molecule has 135 heavy (non-hydrogen) atoms. The SMILES string of the molecule is COc1ccc(COC[C@H]2O[C@@H](O[C@H]3[C@@H]4O[C@H](c5ccccc5)OC[C@H]4O[C@@H](OC)[C@@H]3N3C(=O)c4ccccc4C3=O)[C@H](OC(=O)c3ccccc3)[C@@H](OCc3ccccc3)[C@@H]2O[C@@H]2O[C@@H]3CO[C@@H](c4ccccc4)O[C@H]3[C@H](O[C@@H]3O[C@H](COCc4ccc(OC)cc4)[C@@H](O[Si](C)(C)C(C)(C)C)[C@H](OCc4ccccc4)[C@H]3OC(=O)c3ccccc3)[C@H]2N2C(=O)c3ccccc3C2=O)cc1. The van der Waals surface area contributed by atoms with Gasteiger partial charge in [0.1, 0.15) is 96.8 Å². The third-order valence-corrected chi connectivity index (χ3v) is 30.5. The smallest absolute Gasteiger partial charge is 0.338 e. The molecule has 0 spiro atoms. The quantitative estimate of drug-likeness (QED) is 0.0210. The fourth-order valence-corrected chi connectivity index (χ4v) is 19.4. The first-order valence-electron chi connectivity index (χ1n) is 45.3. The summed E-state index contributed by atoms with van der Waals surface area (Å²) in [4.78, 5) is 97.1. The van der Waals surface area contributed by atoms with Crippen LogP contribution in [0.4, 0.5) is 0 Å². The molecule has 22 atom stereocenters. The number of ether oxygens (including phenoxy) is 20. The molecule has 29 nitrogen and oxygen atoms in total. The molecule has 4 amide bonds. The van der Waals surface area contributed by atoms with Crippen molar-refractivity contribution in [1.29, 1.82) is 0 Å². The Hall–Kier alpha value is -11.4. The maximum absolute atomic E-state index is 16.4. The number of carbonyl (C=O) groups excluding carboxylic acids is 6. The number of rotatable bonds is 33. The summed E-state index contributed by atoms with van der Waals surface area (Å²) in [7, 11) is 1.50. The molecule has 0 saturated carbocycles. The van der Waals surface area contributed by atoms with Crippen LogP contribution in [-0.4, -0.2) is 224 Å². The van der Waals surface area contributed by atoms with Gasteiger partial charge in [0.05, 0.1) is 100 Å². The fraction of sp³-hybridized carbons (Fsp3) is 0.371. The summed E-state index contributed by atoms with van der Waals surface area (Å²) in [6, 6.07) is 77.5. The Labute approximate surface area is 783 Å². The lowest BCUT2D eigenvalue weighted by molar-refractivity contribution is -0.405. The average Bonchev–Trinajstić information content (AvgIpc) is 1.67. The summed E-state index contributed by atoms with van der Waals surface area (Å²) in [6.07, 6.45) is -29.7. The number of amides is 4. The Morgan fingerprint density at radius 2 is 0.704 bits per heavy atom. The van der Waals surface area contributed by atoms with E-state index in [1.807, 2.05) is 158 Å². The van der Waals surface area contributed by atoms with Crippen molar-refractivity contribution in [3.63, 3.8) is 0 Å². The van der Waals surface area contributed by atoms with E-state index in [4.69, 9.17) is 99.2 Å². The number of methoxy groups -OCH3 is 3. The lowest BCUT2D eigenvalue weighted by atomic mass is 9.92. The van der Waals surface area contributed by atoms with Crippen molar-refractivity contribution in [2.75, 3.05) is 47.8 Å². The lowest BCUT2D eigenvalue weighted by Gasteiger charge is -2.55. The highest BCUT2D eigenvalue weighted by Crippen LogP contribution is 2.48. The number of imide groups is 2. The fourth-order valence-electron chi connectivity index (χ4n) is 18.1. The molecule has 10 aromatic carbocycles. The van der Waals surface area contributed by atoms with Crippen molar-refractivity contribution >= 4 is 43.9 Å². The third kappa shape index (κ3) is 20.5. The third-order valence-electron chi connectivity index (χ3n) is 26.0. The molecule has 0 aromatic heterocycles. The standard InChI is InChI=1S/C105H108N2O27Si/c1-105(2,3)135(7,8)134-86-78(60-118-56-66-49-53-72(115-5)54-50-66)126-104(92(128-98(113)68-37-21-12-22-38-68)90(86)120-58-64-33-17-10-18-34-64)133-88-82(107-95(110)75-45-29-30-46-76(75)96(107)111)102(124-80-62-122-100(130-84(80)88)70-41-25-14-26-42-70)131-85-77(59-117-55-65-47-51-71(114-4)52-48-65)125-103(91(127-97(112)67-35-19-11-20-36-67)89(85)119-57-63-31-15-9-16-32-63)132-87-81(106-93(108)73-43-27-28-44-74(73)94(106)109)101(116-6)123-79-61-121-99(129-83(79)87)69-39-23-13-24-40-69/h9-54,77-92,99-104H,55-62H2,1-8H3/t77-,78-,79-,80-,81-,82-,83-,84-,85-,86-,87-,88-,89+,90+,91-,92-,99-,100-,101-,102+,103+,104+/m1/s1. The van der Waals surface area contributed by atoms with Crippen molar-refractivity contribution in [3.05, 3.63) is 346 Å². The second-order valence-electron chi connectivity index (χ2n) is 35.7. The van der Waals surface area contributed by atoms with Crippen LogP contribution in [0, 0.1) is 0 Å². The molecule has 6 fully saturated rings. The van der Waals surface area contributed by atoms with Gasteiger partial charge >= 0.3 is 11.9 Å². The predicted octanol–water partition coefficient (Wildman–Crippen LogP) is 14.7. The van der Waals surface area contributed by atoms with Crippen molar-refractivity contribution in [2.45, 2.75) is 201 Å². The largest absolute Gasteiger partial charge is 0.497 e. The van der Waals surface area contributed by atoms with E-state index < -0.39 is 191 Å². The zero-order valence-corrected chi connectivity index (χ0v) is 76.8. The van der Waals surface area contributed by atoms with Crippen LogP contribution in [-0.2, 0) is 116 Å². The van der Waals surface area contributed by atoms with Crippen LogP contribution in [0.5, 0.6) is 11.5 Å². The molecule has 10 aromatic rings. The molecule has 8 aliphatic heterocycles. The highest BCUT2D eigenvalue weighted by atomic mass is 28.4. The minimum absolute atomic E-state index is 0.00627. The molecule has 704 valence electrons. The summed E-state index contributed by atoms with van der Waals surface area (Å²) >= 11 is 0. The van der Waals surface area contributed by atoms with Crippen molar-refractivity contribution in [3.8, 4) is 11.5 Å². The zero-order chi connectivity index (χ0) is 93.4. The van der Waals surface area contributed by atoms with Gasteiger partial charge in [-0.2, -0.15) is 0 Å². The van der Waals surface area contributed by atoms with Gasteiger partial charge in [-0.3, -0.25) is 29.0 Å². The summed E-state index contributed by atoms with van der Waals surface area (Å²) in [5.74, 6) is -3.55. The summed E-state index contributed by atoms with van der Waals surface area (Å²) < 4.78 is 148. The van der Waals surface area contributed by atoms with E-state index in [-0.39, 0.29) is 79.6 Å². The van der Waals surface area contributed by atoms with Crippen LogP contribution in [0.15, 0.2) is 279 Å². The lowest BCUT2D eigenvalue weighted by Crippen LogP contribution is -2.72. The van der Waals surface area contributed by atoms with Gasteiger partial charge in [-0.15, -0.1) is 0 Å². The maximum Gasteiger partial charge on any atom is 0.338 e. The molecule has 0 unspecified atom stereocenters. The molecular weight excluding hydrogens is 1750 g/mol. The Morgan fingerprint density at radius 1 is 0.363 bits per heavy atom. The number of hydrogen-bond acceptors (Lipinski definition) is 27. The Balaban J connectivity index is 0.818. The van der Waals surface area contributed by atoms with Gasteiger partial charge in [0.15, 0.2) is 58.3 Å². The number of benzene rings is 10. The molecule has 0 N–H and O–H groups in total. The van der Waals surface area contributed by atoms with Crippen LogP contribution in [0.2, 0.25) is 18.1 Å². The summed E-state index contributed by atoms with van der Waals surface area (Å²) in [6.45, 7) is 9.10. The first-order valence-corrected chi connectivity index (χ1v) is 48.2. The van der Waals surface area contributed by atoms with Crippen molar-refractivity contribution in [2.24, 2.45) is 0 Å². The van der Waals surface area contributed by atoms with E-state index in [9.17, 15) is 0 Å². The topological polar surface area (TPSA) is 303 Å². The molecule has 18 rings (SSSR count). The number of nitrogens with zero attached hydrogens (tertiary/aromatic N) is 2. The first kappa shape index (κ1) is 93.9. The Bertz CT molecular complexity index is 5630. The van der Waals surface area contributed by atoms with Crippen LogP contribution >= 0.6 is 0 Å². The van der Waals surface area contributed by atoms with Gasteiger partial charge in [0.25, 0.3) is 23.6 Å². The van der Waals surface area contributed by atoms with Crippen molar-refractivity contribution < 1.29 is 128 Å². The van der Waals surface area contributed by atoms with E-state index in [2.05, 4.69) is 33.9 Å². The van der Waals surface area contributed by atoms with E-state index in [0.717, 1.165) is 20.9 Å². The number of fused-ring (bicyclic) bond motifs is 4. The normalized spacial score (nSPS) is 28.4. The zero-order valence-electron chi connectivity index (χ0n) is 75.8. The molecule has 30 heteroatoms. The van der Waals surface area contributed by atoms with Gasteiger partial charge in [-0.05, 0) is 113 Å². The van der Waals surface area contributed by atoms with Gasteiger partial charge in [0, 0.05) is 18.2 Å². The highest BCUT2D eigenvalue weighted by Gasteiger charge is 2.65. The van der Waals surface area contributed by atoms with Gasteiger partial charge < -0.3 is 99.2 Å². The number of carbonyl (C=O) groups is 6. The van der Waals surface area contributed by atoms with Crippen LogP contribution in [0.3, 0.4) is 0 Å². The van der Waals surface area contributed by atoms with E-state index in [1.54, 1.807) is 123 Å². The Kier molecular flexibility index (Phi) is 29.3. The number of hydrogen-bond donors (Lipinski definition) is 0. The second-order valence-corrected chi connectivity index (χ2v) is 40.4. The average molecular weight is 1860 g/mol. The van der Waals surface area contributed by atoms with Gasteiger partial charge in [-0.1, -0.05) is 227 Å². The van der Waals surface area contributed by atoms with Crippen LogP contribution in [0.1, 0.15) is 129 Å². The molecule has 0 radical (unpaired) electrons. The maximum atomic E-state index is 16.4.